The Balaban J connectivity index is 2.28. The predicted octanol–water partition coefficient (Wildman–Crippen LogP) is 2.79. The first kappa shape index (κ1) is 16.0. The van der Waals surface area contributed by atoms with Crippen LogP contribution in [0.25, 0.3) is 0 Å². The summed E-state index contributed by atoms with van der Waals surface area (Å²) in [7, 11) is 0. The third kappa shape index (κ3) is 6.09. The topological polar surface area (TPSA) is 44.5 Å². The molecule has 0 spiro atoms. The fraction of sp³-hybridized carbons (Fsp3) is 0.500. The number of nitrogens with two attached hydrogens (primary N) is 1. The van der Waals surface area contributed by atoms with Gasteiger partial charge in [-0.2, -0.15) is 0 Å². The van der Waals surface area contributed by atoms with E-state index in [0.717, 1.165) is 19.4 Å². The zero-order valence-corrected chi connectivity index (χ0v) is 12.0. The van der Waals surface area contributed by atoms with Crippen LogP contribution >= 0.6 is 12.2 Å². The van der Waals surface area contributed by atoms with Crippen LogP contribution in [0.2, 0.25) is 0 Å². The molecule has 1 aromatic carbocycles. The molecule has 0 aliphatic heterocycles. The highest BCUT2D eigenvalue weighted by atomic mass is 32.1. The van der Waals surface area contributed by atoms with Gasteiger partial charge in [0.15, 0.2) is 0 Å². The zero-order valence-electron chi connectivity index (χ0n) is 11.2. The van der Waals surface area contributed by atoms with Gasteiger partial charge in [-0.25, -0.2) is 4.39 Å². The van der Waals surface area contributed by atoms with E-state index in [1.165, 1.54) is 6.07 Å². The number of halogens is 1. The van der Waals surface area contributed by atoms with Gasteiger partial charge in [0.1, 0.15) is 10.8 Å². The van der Waals surface area contributed by atoms with Gasteiger partial charge >= 0.3 is 0 Å². The van der Waals surface area contributed by atoms with Crippen LogP contribution in [0.3, 0.4) is 0 Å². The molecule has 0 amide bonds. The molecule has 0 aromatic heterocycles. The van der Waals surface area contributed by atoms with Gasteiger partial charge in [0, 0.05) is 17.7 Å². The average Bonchev–Trinajstić information content (AvgIpc) is 2.39. The van der Waals surface area contributed by atoms with E-state index in [9.17, 15) is 4.39 Å². The summed E-state index contributed by atoms with van der Waals surface area (Å²) in [5, 5.41) is 0. The molecular formula is C14H20FNO2S. The lowest BCUT2D eigenvalue weighted by atomic mass is 10.1. The number of hydrogen-bond donors (Lipinski definition) is 1. The average molecular weight is 285 g/mol. The second-order valence-corrected chi connectivity index (χ2v) is 4.63. The van der Waals surface area contributed by atoms with E-state index in [1.54, 1.807) is 12.1 Å². The SMILES string of the molecule is CCCCOCCOCc1ccc(C(N)=S)cc1F. The molecule has 0 atom stereocenters. The molecule has 5 heteroatoms. The Labute approximate surface area is 118 Å². The maximum absolute atomic E-state index is 13.7. The fourth-order valence-corrected chi connectivity index (χ4v) is 1.59. The van der Waals surface area contributed by atoms with Crippen molar-refractivity contribution < 1.29 is 13.9 Å². The number of hydrogen-bond acceptors (Lipinski definition) is 3. The lowest BCUT2D eigenvalue weighted by Gasteiger charge is -2.07. The van der Waals surface area contributed by atoms with Crippen LogP contribution in [0.1, 0.15) is 30.9 Å². The highest BCUT2D eigenvalue weighted by Gasteiger charge is 2.05. The van der Waals surface area contributed by atoms with Gasteiger partial charge in [0.25, 0.3) is 0 Å². The van der Waals surface area contributed by atoms with Gasteiger partial charge < -0.3 is 15.2 Å². The van der Waals surface area contributed by atoms with E-state index < -0.39 is 0 Å². The summed E-state index contributed by atoms with van der Waals surface area (Å²) < 4.78 is 24.4. The molecule has 3 nitrogen and oxygen atoms in total. The number of benzene rings is 1. The number of unbranched alkanes of at least 4 members (excludes halogenated alkanes) is 1. The monoisotopic (exact) mass is 285 g/mol. The molecule has 106 valence electrons. The van der Waals surface area contributed by atoms with Crippen LogP contribution in [0.15, 0.2) is 18.2 Å². The standard InChI is InChI=1S/C14H20FNO2S/c1-2-3-6-17-7-8-18-10-12-5-4-11(14(16)19)9-13(12)15/h4-5,9H,2-3,6-8,10H2,1H3,(H2,16,19). The summed E-state index contributed by atoms with van der Waals surface area (Å²) >= 11 is 4.78. The Morgan fingerprint density at radius 1 is 1.26 bits per heavy atom. The summed E-state index contributed by atoms with van der Waals surface area (Å²) in [5.74, 6) is -0.350. The molecule has 0 bridgehead atoms. The molecule has 1 aromatic rings. The summed E-state index contributed by atoms with van der Waals surface area (Å²) in [6.45, 7) is 4.07. The third-order valence-corrected chi connectivity index (χ3v) is 2.85. The van der Waals surface area contributed by atoms with Crippen molar-refractivity contribution in [3.8, 4) is 0 Å². The number of ether oxygens (including phenoxy) is 2. The summed E-state index contributed by atoms with van der Waals surface area (Å²) in [6, 6.07) is 4.67. The largest absolute Gasteiger partial charge is 0.389 e. The molecule has 0 aliphatic rings. The van der Waals surface area contributed by atoms with Crippen molar-refractivity contribution in [3.63, 3.8) is 0 Å². The predicted molar refractivity (Wildman–Crippen MR) is 77.7 cm³/mol. The van der Waals surface area contributed by atoms with Crippen LogP contribution in [0.5, 0.6) is 0 Å². The van der Waals surface area contributed by atoms with Crippen molar-refractivity contribution in [1.82, 2.24) is 0 Å². The van der Waals surface area contributed by atoms with Crippen molar-refractivity contribution in [2.75, 3.05) is 19.8 Å². The second-order valence-electron chi connectivity index (χ2n) is 4.19. The number of thiocarbonyl (C=S) groups is 1. The molecule has 19 heavy (non-hydrogen) atoms. The molecule has 0 aliphatic carbocycles. The van der Waals surface area contributed by atoms with Gasteiger partial charge in [-0.15, -0.1) is 0 Å². The summed E-state index contributed by atoms with van der Waals surface area (Å²) in [4.78, 5) is 0.190. The zero-order chi connectivity index (χ0) is 14.1. The lowest BCUT2D eigenvalue weighted by Crippen LogP contribution is -2.10. The quantitative estimate of drug-likeness (QED) is 0.560. The molecule has 0 fully saturated rings. The Kier molecular flexibility index (Phi) is 7.55. The Morgan fingerprint density at radius 2 is 2.00 bits per heavy atom. The van der Waals surface area contributed by atoms with E-state index >= 15 is 0 Å². The maximum atomic E-state index is 13.7. The van der Waals surface area contributed by atoms with Crippen LogP contribution in [-0.2, 0) is 16.1 Å². The van der Waals surface area contributed by atoms with E-state index in [-0.39, 0.29) is 17.4 Å². The first-order valence-corrected chi connectivity index (χ1v) is 6.79. The van der Waals surface area contributed by atoms with Gasteiger partial charge in [0.2, 0.25) is 0 Å². The summed E-state index contributed by atoms with van der Waals surface area (Å²) in [5.41, 5.74) is 6.45. The van der Waals surface area contributed by atoms with Gasteiger partial charge in [-0.3, -0.25) is 0 Å². The second kappa shape index (κ2) is 8.96. The minimum absolute atomic E-state index is 0.190. The van der Waals surface area contributed by atoms with Gasteiger partial charge in [-0.05, 0) is 12.5 Å². The van der Waals surface area contributed by atoms with Crippen molar-refractivity contribution in [2.45, 2.75) is 26.4 Å². The van der Waals surface area contributed by atoms with E-state index in [2.05, 4.69) is 6.92 Å². The van der Waals surface area contributed by atoms with Crippen LogP contribution in [0.4, 0.5) is 4.39 Å². The van der Waals surface area contributed by atoms with Crippen molar-refractivity contribution in [3.05, 3.63) is 35.1 Å². The normalized spacial score (nSPS) is 10.6. The Hall–Kier alpha value is -1.04. The van der Waals surface area contributed by atoms with E-state index in [0.29, 0.717) is 24.3 Å². The smallest absolute Gasteiger partial charge is 0.129 e. The fourth-order valence-electron chi connectivity index (χ4n) is 1.47. The highest BCUT2D eigenvalue weighted by molar-refractivity contribution is 7.80. The van der Waals surface area contributed by atoms with Crippen LogP contribution in [0, 0.1) is 5.82 Å². The minimum Gasteiger partial charge on any atom is -0.389 e. The van der Waals surface area contributed by atoms with Gasteiger partial charge in [0.05, 0.1) is 19.8 Å². The Bertz CT molecular complexity index is 412. The summed E-state index contributed by atoms with van der Waals surface area (Å²) in [6.07, 6.45) is 2.16. The van der Waals surface area contributed by atoms with Crippen LogP contribution in [-0.4, -0.2) is 24.8 Å². The van der Waals surface area contributed by atoms with Crippen LogP contribution < -0.4 is 5.73 Å². The first-order valence-electron chi connectivity index (χ1n) is 6.39. The van der Waals surface area contributed by atoms with E-state index in [4.69, 9.17) is 27.4 Å². The highest BCUT2D eigenvalue weighted by Crippen LogP contribution is 2.11. The molecule has 0 unspecified atom stereocenters. The Morgan fingerprint density at radius 3 is 2.63 bits per heavy atom. The molecule has 0 saturated carbocycles. The molecule has 2 N–H and O–H groups in total. The molecule has 0 heterocycles. The third-order valence-electron chi connectivity index (χ3n) is 2.61. The molecule has 0 radical (unpaired) electrons. The van der Waals surface area contributed by atoms with Gasteiger partial charge in [-0.1, -0.05) is 37.7 Å². The van der Waals surface area contributed by atoms with Crippen molar-refractivity contribution in [1.29, 1.82) is 0 Å². The molecular weight excluding hydrogens is 265 g/mol. The van der Waals surface area contributed by atoms with Crippen molar-refractivity contribution in [2.24, 2.45) is 5.73 Å². The molecule has 0 saturated heterocycles. The van der Waals surface area contributed by atoms with E-state index in [1.807, 2.05) is 0 Å². The lowest BCUT2D eigenvalue weighted by molar-refractivity contribution is 0.0388. The maximum Gasteiger partial charge on any atom is 0.129 e. The minimum atomic E-state index is -0.350. The molecule has 1 rings (SSSR count). The first-order chi connectivity index (χ1) is 9.15. The number of rotatable bonds is 9. The van der Waals surface area contributed by atoms with Crippen molar-refractivity contribution >= 4 is 17.2 Å².